The van der Waals surface area contributed by atoms with Gasteiger partial charge < -0.3 is 10.0 Å². The predicted octanol–water partition coefficient (Wildman–Crippen LogP) is 3.62. The van der Waals surface area contributed by atoms with E-state index in [1.165, 1.54) is 11.3 Å². The van der Waals surface area contributed by atoms with Crippen LogP contribution in [-0.4, -0.2) is 24.3 Å². The highest BCUT2D eigenvalue weighted by Crippen LogP contribution is 2.20. The molecule has 0 amide bonds. The van der Waals surface area contributed by atoms with Crippen LogP contribution in [0.5, 0.6) is 0 Å². The molecule has 1 saturated heterocycles. The number of aliphatic hydroxyl groups excluding tert-OH is 1. The molecule has 98 valence electrons. The van der Waals surface area contributed by atoms with Gasteiger partial charge in [0.05, 0.1) is 6.10 Å². The third kappa shape index (κ3) is 5.22. The van der Waals surface area contributed by atoms with Crippen molar-refractivity contribution in [3.05, 3.63) is 29.8 Å². The maximum absolute atomic E-state index is 9.37. The smallest absolute Gasteiger partial charge is 0.0731 e. The van der Waals surface area contributed by atoms with Crippen molar-refractivity contribution < 1.29 is 5.11 Å². The molecular formula is C15H27NO. The van der Waals surface area contributed by atoms with Crippen molar-refractivity contribution in [3.8, 4) is 0 Å². The highest BCUT2D eigenvalue weighted by Gasteiger charge is 2.19. The average molecular weight is 237 g/mol. The fourth-order valence-corrected chi connectivity index (χ4v) is 1.73. The van der Waals surface area contributed by atoms with Crippen LogP contribution in [-0.2, 0) is 0 Å². The van der Waals surface area contributed by atoms with E-state index < -0.39 is 0 Å². The van der Waals surface area contributed by atoms with E-state index in [0.29, 0.717) is 0 Å². The second-order valence-electron chi connectivity index (χ2n) is 3.72. The summed E-state index contributed by atoms with van der Waals surface area (Å²) in [5.74, 6) is 0. The first kappa shape index (κ1) is 16.0. The Morgan fingerprint density at radius 2 is 1.59 bits per heavy atom. The predicted molar refractivity (Wildman–Crippen MR) is 76.7 cm³/mol. The van der Waals surface area contributed by atoms with Gasteiger partial charge in [-0.15, -0.1) is 0 Å². The number of anilines is 1. The van der Waals surface area contributed by atoms with Crippen molar-refractivity contribution in [2.24, 2.45) is 0 Å². The molecule has 0 spiro atoms. The Morgan fingerprint density at radius 1 is 1.06 bits per heavy atom. The van der Waals surface area contributed by atoms with Gasteiger partial charge in [-0.3, -0.25) is 0 Å². The van der Waals surface area contributed by atoms with E-state index in [4.69, 9.17) is 0 Å². The monoisotopic (exact) mass is 237 g/mol. The van der Waals surface area contributed by atoms with Crippen LogP contribution >= 0.6 is 0 Å². The fourth-order valence-electron chi connectivity index (χ4n) is 1.73. The Balaban J connectivity index is 0.000000581. The third-order valence-corrected chi connectivity index (χ3v) is 2.56. The molecule has 0 bridgehead atoms. The molecule has 1 unspecified atom stereocenters. The van der Waals surface area contributed by atoms with Crippen LogP contribution < -0.4 is 4.90 Å². The molecule has 2 heteroatoms. The van der Waals surface area contributed by atoms with Crippen LogP contribution in [0.4, 0.5) is 5.69 Å². The van der Waals surface area contributed by atoms with Crippen molar-refractivity contribution in [2.45, 2.75) is 47.1 Å². The lowest BCUT2D eigenvalue weighted by atomic mass is 10.2. The maximum Gasteiger partial charge on any atom is 0.0731 e. The average Bonchev–Trinajstić information content (AvgIpc) is 2.82. The van der Waals surface area contributed by atoms with E-state index in [2.05, 4.69) is 36.1 Å². The van der Waals surface area contributed by atoms with Crippen molar-refractivity contribution in [1.82, 2.24) is 0 Å². The zero-order valence-electron chi connectivity index (χ0n) is 11.9. The molecule has 1 atom stereocenters. The summed E-state index contributed by atoms with van der Waals surface area (Å²) < 4.78 is 0. The quantitative estimate of drug-likeness (QED) is 0.806. The summed E-state index contributed by atoms with van der Waals surface area (Å²) in [5, 5.41) is 9.37. The minimum atomic E-state index is -0.138. The topological polar surface area (TPSA) is 23.5 Å². The molecule has 2 nitrogen and oxygen atoms in total. The van der Waals surface area contributed by atoms with Crippen molar-refractivity contribution in [2.75, 3.05) is 18.0 Å². The summed E-state index contributed by atoms with van der Waals surface area (Å²) in [6.07, 6.45) is 0.759. The Bertz CT molecular complexity index is 281. The number of benzene rings is 1. The van der Waals surface area contributed by atoms with Gasteiger partial charge in [-0.1, -0.05) is 45.4 Å². The highest BCUT2D eigenvalue weighted by molar-refractivity contribution is 5.48. The molecule has 0 saturated carbocycles. The number of β-amino-alcohol motifs (C(OH)–C–C–N with tert-alkyl or cyclic N) is 1. The lowest BCUT2D eigenvalue weighted by molar-refractivity contribution is 0.198. The Kier molecular flexibility index (Phi) is 8.51. The Labute approximate surface area is 106 Å². The number of rotatable bonds is 1. The lowest BCUT2D eigenvalue weighted by Gasteiger charge is -2.17. The van der Waals surface area contributed by atoms with Crippen LogP contribution in [0.2, 0.25) is 0 Å². The van der Waals surface area contributed by atoms with Crippen LogP contribution in [0.15, 0.2) is 24.3 Å². The fraction of sp³-hybridized carbons (Fsp3) is 0.600. The van der Waals surface area contributed by atoms with E-state index in [9.17, 15) is 5.11 Å². The number of hydrogen-bond donors (Lipinski definition) is 1. The molecule has 2 rings (SSSR count). The zero-order valence-corrected chi connectivity index (χ0v) is 11.9. The standard InChI is InChI=1S/C11H15NO.2C2H6/c1-9-2-4-10(5-3-9)12-7-6-11(13)8-12;2*1-2/h2-5,11,13H,6-8H2,1H3;2*1-2H3. The summed E-state index contributed by atoms with van der Waals surface area (Å²) in [4.78, 5) is 2.23. The molecule has 1 aromatic rings. The second kappa shape index (κ2) is 9.06. The summed E-state index contributed by atoms with van der Waals surface area (Å²) in [5.41, 5.74) is 2.51. The maximum atomic E-state index is 9.37. The van der Waals surface area contributed by atoms with Gasteiger partial charge in [0.1, 0.15) is 0 Å². The van der Waals surface area contributed by atoms with Gasteiger partial charge in [0, 0.05) is 18.8 Å². The van der Waals surface area contributed by atoms with E-state index in [-0.39, 0.29) is 6.10 Å². The van der Waals surface area contributed by atoms with Crippen LogP contribution in [0.3, 0.4) is 0 Å². The SMILES string of the molecule is CC.CC.Cc1ccc(N2CCC(O)C2)cc1. The highest BCUT2D eigenvalue weighted by atomic mass is 16.3. The molecule has 1 aromatic carbocycles. The van der Waals surface area contributed by atoms with Crippen molar-refractivity contribution in [1.29, 1.82) is 0 Å². The Morgan fingerprint density at radius 3 is 2.00 bits per heavy atom. The van der Waals surface area contributed by atoms with Gasteiger partial charge in [-0.05, 0) is 25.5 Å². The molecular weight excluding hydrogens is 210 g/mol. The number of nitrogens with zero attached hydrogens (tertiary/aromatic N) is 1. The summed E-state index contributed by atoms with van der Waals surface area (Å²) in [7, 11) is 0. The van der Waals surface area contributed by atoms with Gasteiger partial charge >= 0.3 is 0 Å². The van der Waals surface area contributed by atoms with E-state index in [1.807, 2.05) is 27.7 Å². The molecule has 17 heavy (non-hydrogen) atoms. The molecule has 1 fully saturated rings. The third-order valence-electron chi connectivity index (χ3n) is 2.56. The largest absolute Gasteiger partial charge is 0.391 e. The first-order valence-electron chi connectivity index (χ1n) is 6.75. The first-order valence-corrected chi connectivity index (χ1v) is 6.75. The molecule has 1 N–H and O–H groups in total. The van der Waals surface area contributed by atoms with Crippen molar-refractivity contribution in [3.63, 3.8) is 0 Å². The summed E-state index contributed by atoms with van der Waals surface area (Å²) >= 11 is 0. The number of aryl methyl sites for hydroxylation is 1. The summed E-state index contributed by atoms with van der Waals surface area (Å²) in [6, 6.07) is 8.46. The molecule has 1 heterocycles. The zero-order chi connectivity index (χ0) is 13.3. The van der Waals surface area contributed by atoms with E-state index in [1.54, 1.807) is 0 Å². The molecule has 0 aromatic heterocycles. The van der Waals surface area contributed by atoms with Gasteiger partial charge in [-0.2, -0.15) is 0 Å². The van der Waals surface area contributed by atoms with E-state index >= 15 is 0 Å². The molecule has 0 radical (unpaired) electrons. The van der Waals surface area contributed by atoms with Crippen LogP contribution in [0, 0.1) is 6.92 Å². The van der Waals surface area contributed by atoms with Crippen LogP contribution in [0.1, 0.15) is 39.7 Å². The number of hydrogen-bond acceptors (Lipinski definition) is 2. The minimum Gasteiger partial charge on any atom is -0.391 e. The van der Waals surface area contributed by atoms with Crippen LogP contribution in [0.25, 0.3) is 0 Å². The minimum absolute atomic E-state index is 0.138. The first-order chi connectivity index (χ1) is 8.25. The number of aliphatic hydroxyl groups is 1. The lowest BCUT2D eigenvalue weighted by Crippen LogP contribution is -2.20. The summed E-state index contributed by atoms with van der Waals surface area (Å²) in [6.45, 7) is 11.8. The molecule has 0 aliphatic carbocycles. The van der Waals surface area contributed by atoms with Gasteiger partial charge in [0.15, 0.2) is 0 Å². The normalized spacial score (nSPS) is 17.8. The molecule has 1 aliphatic heterocycles. The van der Waals surface area contributed by atoms with Crippen molar-refractivity contribution >= 4 is 5.69 Å². The van der Waals surface area contributed by atoms with Gasteiger partial charge in [0.2, 0.25) is 0 Å². The molecule has 1 aliphatic rings. The Hall–Kier alpha value is -1.02. The van der Waals surface area contributed by atoms with Gasteiger partial charge in [-0.25, -0.2) is 0 Å². The van der Waals surface area contributed by atoms with E-state index in [0.717, 1.165) is 19.5 Å². The van der Waals surface area contributed by atoms with Gasteiger partial charge in [0.25, 0.3) is 0 Å². The second-order valence-corrected chi connectivity index (χ2v) is 3.72.